The van der Waals surface area contributed by atoms with Crippen molar-refractivity contribution in [2.24, 2.45) is 0 Å². The van der Waals surface area contributed by atoms with E-state index in [2.05, 4.69) is 20.9 Å². The number of anilines is 1. The van der Waals surface area contributed by atoms with Crippen molar-refractivity contribution in [3.8, 4) is 0 Å². The second kappa shape index (κ2) is 4.53. The normalized spacial score (nSPS) is 12.7. The van der Waals surface area contributed by atoms with Crippen LogP contribution in [-0.2, 0) is 0 Å². The molecular formula is C11H11BrN2OS. The molecule has 0 amide bonds. The number of nitrogen functional groups attached to an aromatic ring is 1. The van der Waals surface area contributed by atoms with Gasteiger partial charge in [-0.1, -0.05) is 0 Å². The first-order valence-electron chi connectivity index (χ1n) is 4.74. The van der Waals surface area contributed by atoms with E-state index >= 15 is 0 Å². The van der Waals surface area contributed by atoms with Gasteiger partial charge in [0.15, 0.2) is 0 Å². The van der Waals surface area contributed by atoms with Crippen molar-refractivity contribution in [3.63, 3.8) is 0 Å². The molecule has 0 aliphatic rings. The minimum absolute atomic E-state index is 0.386. The third kappa shape index (κ3) is 2.11. The fraction of sp³-hybridized carbons (Fsp3) is 0.182. The monoisotopic (exact) mass is 298 g/mol. The topological polar surface area (TPSA) is 59.1 Å². The Morgan fingerprint density at radius 2 is 2.19 bits per heavy atom. The smallest absolute Gasteiger partial charge is 0.129 e. The largest absolute Gasteiger partial charge is 0.383 e. The number of pyridine rings is 1. The summed E-state index contributed by atoms with van der Waals surface area (Å²) < 4.78 is 0.988. The van der Waals surface area contributed by atoms with Crippen LogP contribution in [0.1, 0.15) is 22.1 Å². The lowest BCUT2D eigenvalue weighted by molar-refractivity contribution is 0.224. The highest BCUT2D eigenvalue weighted by molar-refractivity contribution is 9.11. The Morgan fingerprint density at radius 3 is 2.75 bits per heavy atom. The van der Waals surface area contributed by atoms with Crippen molar-refractivity contribution in [1.82, 2.24) is 4.98 Å². The summed E-state index contributed by atoms with van der Waals surface area (Å²) in [6.07, 6.45) is 0.940. The minimum atomic E-state index is -0.704. The molecule has 2 aromatic rings. The number of aliphatic hydroxyl groups excluding tert-OH is 1. The lowest BCUT2D eigenvalue weighted by Crippen LogP contribution is -2.06. The Kier molecular flexibility index (Phi) is 3.28. The minimum Gasteiger partial charge on any atom is -0.383 e. The zero-order valence-electron chi connectivity index (χ0n) is 8.64. The highest BCUT2D eigenvalue weighted by atomic mass is 79.9. The van der Waals surface area contributed by atoms with E-state index in [0.29, 0.717) is 11.4 Å². The summed E-state index contributed by atoms with van der Waals surface area (Å²) in [6.45, 7) is 1.92. The van der Waals surface area contributed by atoms with Gasteiger partial charge in [-0.25, -0.2) is 4.98 Å². The summed E-state index contributed by atoms with van der Waals surface area (Å²) in [5, 5.41) is 10.2. The number of thiophene rings is 1. The van der Waals surface area contributed by atoms with Crippen molar-refractivity contribution >= 4 is 33.1 Å². The van der Waals surface area contributed by atoms with Crippen LogP contribution in [-0.4, -0.2) is 10.1 Å². The van der Waals surface area contributed by atoms with Gasteiger partial charge in [-0.15, -0.1) is 11.3 Å². The quantitative estimate of drug-likeness (QED) is 0.896. The molecule has 0 fully saturated rings. The standard InChI is InChI=1S/C11H11BrN2OS/c1-6-4-5-14-11(13)9(6)10(15)7-2-3-8(12)16-7/h2-5,10,15H,1H3,(H2,13,14). The molecule has 0 spiro atoms. The predicted octanol–water partition coefficient (Wildman–Crippen LogP) is 2.88. The van der Waals surface area contributed by atoms with Gasteiger partial charge in [0.2, 0.25) is 0 Å². The van der Waals surface area contributed by atoms with E-state index in [4.69, 9.17) is 5.73 Å². The fourth-order valence-corrected chi connectivity index (χ4v) is 2.98. The highest BCUT2D eigenvalue weighted by Crippen LogP contribution is 2.34. The van der Waals surface area contributed by atoms with Crippen molar-refractivity contribution in [3.05, 3.63) is 44.2 Å². The van der Waals surface area contributed by atoms with Gasteiger partial charge in [-0.05, 0) is 46.6 Å². The summed E-state index contributed by atoms with van der Waals surface area (Å²) in [5.74, 6) is 0.386. The summed E-state index contributed by atoms with van der Waals surface area (Å²) in [5.41, 5.74) is 7.43. The summed E-state index contributed by atoms with van der Waals surface area (Å²) in [7, 11) is 0. The molecule has 3 N–H and O–H groups in total. The molecule has 0 radical (unpaired) electrons. The van der Waals surface area contributed by atoms with Crippen LogP contribution < -0.4 is 5.73 Å². The zero-order chi connectivity index (χ0) is 11.7. The molecule has 2 heterocycles. The zero-order valence-corrected chi connectivity index (χ0v) is 11.0. The molecule has 2 rings (SSSR count). The summed E-state index contributed by atoms with van der Waals surface area (Å²) >= 11 is 4.86. The van der Waals surface area contributed by atoms with Gasteiger partial charge in [-0.3, -0.25) is 0 Å². The van der Waals surface area contributed by atoms with E-state index in [9.17, 15) is 5.11 Å². The molecule has 5 heteroatoms. The number of hydrogen-bond acceptors (Lipinski definition) is 4. The molecule has 0 saturated carbocycles. The number of aryl methyl sites for hydroxylation is 1. The van der Waals surface area contributed by atoms with Crippen LogP contribution in [0.5, 0.6) is 0 Å². The summed E-state index contributed by atoms with van der Waals surface area (Å²) in [4.78, 5) is 4.86. The van der Waals surface area contributed by atoms with Crippen LogP contribution in [0.4, 0.5) is 5.82 Å². The van der Waals surface area contributed by atoms with E-state index < -0.39 is 6.10 Å². The number of hydrogen-bond donors (Lipinski definition) is 2. The van der Waals surface area contributed by atoms with Gasteiger partial charge in [0.05, 0.1) is 3.79 Å². The first-order chi connectivity index (χ1) is 7.59. The van der Waals surface area contributed by atoms with Crippen LogP contribution in [0, 0.1) is 6.92 Å². The Hall–Kier alpha value is -0.910. The Morgan fingerprint density at radius 1 is 1.44 bits per heavy atom. The maximum atomic E-state index is 10.2. The van der Waals surface area contributed by atoms with Gasteiger partial charge in [0, 0.05) is 16.6 Å². The Bertz CT molecular complexity index is 492. The van der Waals surface area contributed by atoms with Crippen LogP contribution in [0.3, 0.4) is 0 Å². The number of aliphatic hydroxyl groups is 1. The van der Waals surface area contributed by atoms with E-state index in [1.807, 2.05) is 25.1 Å². The number of rotatable bonds is 2. The van der Waals surface area contributed by atoms with Crippen molar-refractivity contribution < 1.29 is 5.11 Å². The highest BCUT2D eigenvalue weighted by Gasteiger charge is 2.18. The molecule has 1 atom stereocenters. The van der Waals surface area contributed by atoms with E-state index in [1.54, 1.807) is 6.20 Å². The molecule has 0 aromatic carbocycles. The lowest BCUT2D eigenvalue weighted by atomic mass is 10.0. The molecule has 0 bridgehead atoms. The Balaban J connectivity index is 2.45. The number of halogens is 1. The third-order valence-corrected chi connectivity index (χ3v) is 4.05. The second-order valence-electron chi connectivity index (χ2n) is 3.47. The van der Waals surface area contributed by atoms with Gasteiger partial charge in [-0.2, -0.15) is 0 Å². The molecule has 0 aliphatic heterocycles. The van der Waals surface area contributed by atoms with Crippen molar-refractivity contribution in [1.29, 1.82) is 0 Å². The van der Waals surface area contributed by atoms with Gasteiger partial charge >= 0.3 is 0 Å². The van der Waals surface area contributed by atoms with Crippen molar-refractivity contribution in [2.45, 2.75) is 13.0 Å². The maximum absolute atomic E-state index is 10.2. The molecule has 3 nitrogen and oxygen atoms in total. The number of nitrogens with zero attached hydrogens (tertiary/aromatic N) is 1. The average Bonchev–Trinajstić information content (AvgIpc) is 2.64. The summed E-state index contributed by atoms with van der Waals surface area (Å²) in [6, 6.07) is 5.63. The average molecular weight is 299 g/mol. The fourth-order valence-electron chi connectivity index (χ4n) is 1.56. The SMILES string of the molecule is Cc1ccnc(N)c1C(O)c1ccc(Br)s1. The molecule has 1 unspecified atom stereocenters. The number of aromatic nitrogens is 1. The van der Waals surface area contributed by atoms with E-state index in [1.165, 1.54) is 11.3 Å². The van der Waals surface area contributed by atoms with E-state index in [-0.39, 0.29) is 0 Å². The van der Waals surface area contributed by atoms with Gasteiger partial charge in [0.1, 0.15) is 11.9 Å². The second-order valence-corrected chi connectivity index (χ2v) is 5.97. The van der Waals surface area contributed by atoms with Crippen LogP contribution in [0.2, 0.25) is 0 Å². The van der Waals surface area contributed by atoms with E-state index in [0.717, 1.165) is 14.2 Å². The first kappa shape index (κ1) is 11.6. The predicted molar refractivity (Wildman–Crippen MR) is 69.5 cm³/mol. The maximum Gasteiger partial charge on any atom is 0.129 e. The molecule has 0 saturated heterocycles. The number of nitrogens with two attached hydrogens (primary N) is 1. The van der Waals surface area contributed by atoms with Crippen molar-refractivity contribution in [2.75, 3.05) is 5.73 Å². The van der Waals surface area contributed by atoms with Crippen LogP contribution in [0.15, 0.2) is 28.2 Å². The van der Waals surface area contributed by atoms with Crippen LogP contribution in [0.25, 0.3) is 0 Å². The lowest BCUT2D eigenvalue weighted by Gasteiger charge is -2.13. The molecular weight excluding hydrogens is 288 g/mol. The first-order valence-corrected chi connectivity index (χ1v) is 6.35. The molecule has 0 aliphatic carbocycles. The molecule has 2 aromatic heterocycles. The Labute approximate surface area is 106 Å². The molecule has 16 heavy (non-hydrogen) atoms. The van der Waals surface area contributed by atoms with Gasteiger partial charge < -0.3 is 10.8 Å². The third-order valence-electron chi connectivity index (χ3n) is 2.38. The van der Waals surface area contributed by atoms with Crippen LogP contribution >= 0.6 is 27.3 Å². The van der Waals surface area contributed by atoms with Gasteiger partial charge in [0.25, 0.3) is 0 Å². The molecule has 84 valence electrons.